The van der Waals surface area contributed by atoms with Crippen LogP contribution >= 0.6 is 0 Å². The van der Waals surface area contributed by atoms with E-state index in [2.05, 4.69) is 6.92 Å². The van der Waals surface area contributed by atoms with Crippen LogP contribution in [0, 0.1) is 5.92 Å². The van der Waals surface area contributed by atoms with Crippen molar-refractivity contribution >= 4 is 5.97 Å². The van der Waals surface area contributed by atoms with Crippen molar-refractivity contribution in [2.75, 3.05) is 13.7 Å². The summed E-state index contributed by atoms with van der Waals surface area (Å²) in [6, 6.07) is 7.65. The fraction of sp³-hybridized carbons (Fsp3) is 0.562. The number of benzene rings is 1. The van der Waals surface area contributed by atoms with Gasteiger partial charge in [0.1, 0.15) is 6.10 Å². The van der Waals surface area contributed by atoms with Gasteiger partial charge in [-0.3, -0.25) is 0 Å². The predicted molar refractivity (Wildman–Crippen MR) is 76.4 cm³/mol. The van der Waals surface area contributed by atoms with Crippen molar-refractivity contribution in [1.82, 2.24) is 0 Å². The highest BCUT2D eigenvalue weighted by Gasteiger charge is 2.19. The number of carbonyl (C=O) groups excluding carboxylic acids is 1. The average molecular weight is 264 g/mol. The predicted octanol–water partition coefficient (Wildman–Crippen LogP) is 3.47. The van der Waals surface area contributed by atoms with E-state index in [0.717, 1.165) is 12.8 Å². The Morgan fingerprint density at radius 2 is 2.05 bits per heavy atom. The summed E-state index contributed by atoms with van der Waals surface area (Å²) in [5, 5.41) is 0. The zero-order chi connectivity index (χ0) is 14.3. The van der Waals surface area contributed by atoms with Crippen LogP contribution in [0.1, 0.15) is 43.1 Å². The molecular formula is C16H24O3. The van der Waals surface area contributed by atoms with Gasteiger partial charge in [-0.2, -0.15) is 0 Å². The molecule has 0 amide bonds. The van der Waals surface area contributed by atoms with Gasteiger partial charge >= 0.3 is 5.97 Å². The number of aryl methyl sites for hydroxylation is 1. The molecule has 3 nitrogen and oxygen atoms in total. The molecule has 1 atom stereocenters. The molecule has 0 heterocycles. The molecule has 0 aromatic heterocycles. The van der Waals surface area contributed by atoms with Crippen LogP contribution in [0.3, 0.4) is 0 Å². The van der Waals surface area contributed by atoms with E-state index < -0.39 is 0 Å². The summed E-state index contributed by atoms with van der Waals surface area (Å²) in [4.78, 5) is 12.1. The summed E-state index contributed by atoms with van der Waals surface area (Å²) in [7, 11) is 1.62. The summed E-state index contributed by atoms with van der Waals surface area (Å²) >= 11 is 0. The molecule has 0 fully saturated rings. The first-order chi connectivity index (χ1) is 9.08. The van der Waals surface area contributed by atoms with Crippen LogP contribution in [0.5, 0.6) is 0 Å². The topological polar surface area (TPSA) is 35.5 Å². The Hall–Kier alpha value is -1.35. The second kappa shape index (κ2) is 7.95. The van der Waals surface area contributed by atoms with Crippen LogP contribution in [-0.2, 0) is 15.9 Å². The Bertz CT molecular complexity index is 399. The number of ether oxygens (including phenoxy) is 2. The fourth-order valence-corrected chi connectivity index (χ4v) is 1.87. The first-order valence-corrected chi connectivity index (χ1v) is 6.87. The maximum Gasteiger partial charge on any atom is 0.338 e. The van der Waals surface area contributed by atoms with E-state index >= 15 is 0 Å². The second-order valence-electron chi connectivity index (χ2n) is 5.09. The monoisotopic (exact) mass is 264 g/mol. The van der Waals surface area contributed by atoms with E-state index in [4.69, 9.17) is 9.47 Å². The summed E-state index contributed by atoms with van der Waals surface area (Å²) < 4.78 is 10.6. The van der Waals surface area contributed by atoms with Gasteiger partial charge in [0.05, 0.1) is 12.2 Å². The molecule has 0 aliphatic carbocycles. The summed E-state index contributed by atoms with van der Waals surface area (Å²) in [5.74, 6) is -0.0311. The molecule has 0 N–H and O–H groups in total. The SMILES string of the molecule is CCCc1cccc(C(=O)OC(COC)C(C)C)c1. The van der Waals surface area contributed by atoms with Crippen LogP contribution in [0.4, 0.5) is 0 Å². The normalized spacial score (nSPS) is 12.5. The lowest BCUT2D eigenvalue weighted by atomic mass is 10.1. The zero-order valence-electron chi connectivity index (χ0n) is 12.3. The standard InChI is InChI=1S/C16H24O3/c1-5-7-13-8-6-9-14(10-13)16(17)19-15(11-18-4)12(2)3/h6,8-10,12,15H,5,7,11H2,1-4H3. The second-order valence-corrected chi connectivity index (χ2v) is 5.09. The molecular weight excluding hydrogens is 240 g/mol. The van der Waals surface area contributed by atoms with Gasteiger partial charge in [0.25, 0.3) is 0 Å². The van der Waals surface area contributed by atoms with Crippen LogP contribution in [0.25, 0.3) is 0 Å². The highest BCUT2D eigenvalue weighted by Crippen LogP contribution is 2.13. The Morgan fingerprint density at radius 3 is 2.63 bits per heavy atom. The molecule has 3 heteroatoms. The summed E-state index contributed by atoms with van der Waals surface area (Å²) in [5.41, 5.74) is 1.79. The number of hydrogen-bond donors (Lipinski definition) is 0. The molecule has 1 unspecified atom stereocenters. The van der Waals surface area contributed by atoms with Crippen molar-refractivity contribution in [3.05, 3.63) is 35.4 Å². The maximum atomic E-state index is 12.1. The van der Waals surface area contributed by atoms with Gasteiger partial charge in [-0.25, -0.2) is 4.79 Å². The van der Waals surface area contributed by atoms with E-state index in [1.807, 2.05) is 32.0 Å². The lowest BCUT2D eigenvalue weighted by Crippen LogP contribution is -2.28. The molecule has 19 heavy (non-hydrogen) atoms. The molecule has 106 valence electrons. The Labute approximate surface area is 115 Å². The molecule has 0 aliphatic heterocycles. The molecule has 0 bridgehead atoms. The number of methoxy groups -OCH3 is 1. The van der Waals surface area contributed by atoms with E-state index in [1.165, 1.54) is 5.56 Å². The number of carbonyl (C=O) groups is 1. The van der Waals surface area contributed by atoms with Gasteiger partial charge in [-0.15, -0.1) is 0 Å². The first-order valence-electron chi connectivity index (χ1n) is 6.87. The first kappa shape index (κ1) is 15.7. The number of rotatable bonds is 7. The van der Waals surface area contributed by atoms with E-state index in [9.17, 15) is 4.79 Å². The Morgan fingerprint density at radius 1 is 1.32 bits per heavy atom. The van der Waals surface area contributed by atoms with Crippen molar-refractivity contribution in [1.29, 1.82) is 0 Å². The third-order valence-corrected chi connectivity index (χ3v) is 3.03. The molecule has 0 saturated carbocycles. The minimum Gasteiger partial charge on any atom is -0.456 e. The fourth-order valence-electron chi connectivity index (χ4n) is 1.87. The highest BCUT2D eigenvalue weighted by molar-refractivity contribution is 5.89. The van der Waals surface area contributed by atoms with Crippen LogP contribution in [0.2, 0.25) is 0 Å². The largest absolute Gasteiger partial charge is 0.456 e. The molecule has 1 aromatic carbocycles. The van der Waals surface area contributed by atoms with E-state index in [-0.39, 0.29) is 18.0 Å². The molecule has 0 radical (unpaired) electrons. The van der Waals surface area contributed by atoms with E-state index in [0.29, 0.717) is 12.2 Å². The lowest BCUT2D eigenvalue weighted by Gasteiger charge is -2.20. The van der Waals surface area contributed by atoms with Gasteiger partial charge in [0, 0.05) is 7.11 Å². The van der Waals surface area contributed by atoms with Crippen molar-refractivity contribution in [3.8, 4) is 0 Å². The molecule has 0 spiro atoms. The Kier molecular flexibility index (Phi) is 6.57. The van der Waals surface area contributed by atoms with Crippen LogP contribution in [-0.4, -0.2) is 25.8 Å². The summed E-state index contributed by atoms with van der Waals surface area (Å²) in [6.45, 7) is 6.59. The van der Waals surface area contributed by atoms with Crippen molar-refractivity contribution < 1.29 is 14.3 Å². The van der Waals surface area contributed by atoms with Crippen molar-refractivity contribution in [2.45, 2.75) is 39.7 Å². The van der Waals surface area contributed by atoms with Gasteiger partial charge in [0.2, 0.25) is 0 Å². The molecule has 0 aliphatic rings. The van der Waals surface area contributed by atoms with Crippen molar-refractivity contribution in [2.24, 2.45) is 5.92 Å². The third-order valence-electron chi connectivity index (χ3n) is 3.03. The zero-order valence-corrected chi connectivity index (χ0v) is 12.3. The van der Waals surface area contributed by atoms with Gasteiger partial charge in [-0.05, 0) is 30.0 Å². The van der Waals surface area contributed by atoms with Gasteiger partial charge < -0.3 is 9.47 Å². The number of hydrogen-bond acceptors (Lipinski definition) is 3. The maximum absolute atomic E-state index is 12.1. The van der Waals surface area contributed by atoms with Crippen LogP contribution < -0.4 is 0 Å². The molecule has 0 saturated heterocycles. The third kappa shape index (κ3) is 5.03. The lowest BCUT2D eigenvalue weighted by molar-refractivity contribution is -0.0102. The highest BCUT2D eigenvalue weighted by atomic mass is 16.6. The Balaban J connectivity index is 2.73. The summed E-state index contributed by atoms with van der Waals surface area (Å²) in [6.07, 6.45) is 1.84. The molecule has 1 aromatic rings. The minimum absolute atomic E-state index is 0.202. The van der Waals surface area contributed by atoms with Gasteiger partial charge in [-0.1, -0.05) is 39.3 Å². The average Bonchev–Trinajstić information content (AvgIpc) is 2.38. The minimum atomic E-state index is -0.270. The van der Waals surface area contributed by atoms with E-state index in [1.54, 1.807) is 13.2 Å². The quantitative estimate of drug-likeness (QED) is 0.707. The smallest absolute Gasteiger partial charge is 0.338 e. The number of esters is 1. The van der Waals surface area contributed by atoms with Crippen molar-refractivity contribution in [3.63, 3.8) is 0 Å². The molecule has 1 rings (SSSR count). The van der Waals surface area contributed by atoms with Gasteiger partial charge in [0.15, 0.2) is 0 Å². The van der Waals surface area contributed by atoms with Crippen LogP contribution in [0.15, 0.2) is 24.3 Å².